The third-order valence-electron chi connectivity index (χ3n) is 5.08. The van der Waals surface area contributed by atoms with Crippen molar-refractivity contribution in [3.8, 4) is 11.3 Å². The van der Waals surface area contributed by atoms with Gasteiger partial charge in [0.2, 0.25) is 0 Å². The number of pyridine rings is 1. The SMILES string of the molecule is CCCCCNC(=O)c1cc(-c2ccc(C)c(C)c2)nc2ccc(C)cc12. The van der Waals surface area contributed by atoms with E-state index in [-0.39, 0.29) is 5.91 Å². The summed E-state index contributed by atoms with van der Waals surface area (Å²) in [6, 6.07) is 14.4. The lowest BCUT2D eigenvalue weighted by Gasteiger charge is -2.12. The van der Waals surface area contributed by atoms with Crippen LogP contribution in [0.15, 0.2) is 42.5 Å². The van der Waals surface area contributed by atoms with Gasteiger partial charge >= 0.3 is 0 Å². The van der Waals surface area contributed by atoms with Crippen LogP contribution in [0.2, 0.25) is 0 Å². The Morgan fingerprint density at radius 1 is 0.963 bits per heavy atom. The van der Waals surface area contributed by atoms with Gasteiger partial charge in [-0.25, -0.2) is 4.98 Å². The summed E-state index contributed by atoms with van der Waals surface area (Å²) >= 11 is 0. The number of rotatable bonds is 6. The molecule has 3 heteroatoms. The van der Waals surface area contributed by atoms with Gasteiger partial charge in [0.05, 0.1) is 16.8 Å². The molecule has 0 aliphatic carbocycles. The molecule has 0 radical (unpaired) electrons. The molecule has 0 fully saturated rings. The Morgan fingerprint density at radius 3 is 2.52 bits per heavy atom. The van der Waals surface area contributed by atoms with Gasteiger partial charge in [0, 0.05) is 17.5 Å². The summed E-state index contributed by atoms with van der Waals surface area (Å²) in [5, 5.41) is 3.99. The average molecular weight is 361 g/mol. The number of benzene rings is 2. The molecule has 1 heterocycles. The minimum absolute atomic E-state index is 0.0193. The van der Waals surface area contributed by atoms with Crippen molar-refractivity contribution in [1.82, 2.24) is 10.3 Å². The van der Waals surface area contributed by atoms with Crippen LogP contribution in [0.3, 0.4) is 0 Å². The Kier molecular flexibility index (Phi) is 5.90. The van der Waals surface area contributed by atoms with Crippen LogP contribution in [0.25, 0.3) is 22.2 Å². The standard InChI is InChI=1S/C24H28N2O/c1-5-6-7-12-25-24(27)21-15-23(19-10-9-17(3)18(4)14-19)26-22-11-8-16(2)13-20(21)22/h8-11,13-15H,5-7,12H2,1-4H3,(H,25,27). The first-order valence-corrected chi connectivity index (χ1v) is 9.77. The van der Waals surface area contributed by atoms with Crippen LogP contribution in [0.5, 0.6) is 0 Å². The second kappa shape index (κ2) is 8.34. The topological polar surface area (TPSA) is 42.0 Å². The maximum Gasteiger partial charge on any atom is 0.252 e. The number of amides is 1. The molecule has 0 unspecified atom stereocenters. The van der Waals surface area contributed by atoms with Crippen molar-refractivity contribution in [2.75, 3.05) is 6.54 Å². The molecule has 1 amide bonds. The number of aryl methyl sites for hydroxylation is 3. The maximum atomic E-state index is 12.9. The van der Waals surface area contributed by atoms with Crippen molar-refractivity contribution in [2.24, 2.45) is 0 Å². The molecule has 0 saturated heterocycles. The Morgan fingerprint density at radius 2 is 1.78 bits per heavy atom. The lowest BCUT2D eigenvalue weighted by Crippen LogP contribution is -2.24. The number of nitrogens with zero attached hydrogens (tertiary/aromatic N) is 1. The quantitative estimate of drug-likeness (QED) is 0.569. The smallest absolute Gasteiger partial charge is 0.252 e. The van der Waals surface area contributed by atoms with Gasteiger partial charge in [0.1, 0.15) is 0 Å². The molecule has 0 aliphatic heterocycles. The molecule has 0 aliphatic rings. The van der Waals surface area contributed by atoms with E-state index >= 15 is 0 Å². The van der Waals surface area contributed by atoms with E-state index in [2.05, 4.69) is 44.3 Å². The van der Waals surface area contributed by atoms with Crippen molar-refractivity contribution in [3.05, 3.63) is 64.7 Å². The molecular formula is C24H28N2O. The van der Waals surface area contributed by atoms with Crippen molar-refractivity contribution < 1.29 is 4.79 Å². The van der Waals surface area contributed by atoms with Gasteiger partial charge in [0.25, 0.3) is 5.91 Å². The first-order chi connectivity index (χ1) is 13.0. The number of hydrogen-bond acceptors (Lipinski definition) is 2. The predicted molar refractivity (Wildman–Crippen MR) is 113 cm³/mol. The lowest BCUT2D eigenvalue weighted by atomic mass is 9.99. The fourth-order valence-corrected chi connectivity index (χ4v) is 3.25. The summed E-state index contributed by atoms with van der Waals surface area (Å²) in [7, 11) is 0. The maximum absolute atomic E-state index is 12.9. The van der Waals surface area contributed by atoms with Gasteiger partial charge in [-0.2, -0.15) is 0 Å². The van der Waals surface area contributed by atoms with Crippen LogP contribution in [0.1, 0.15) is 53.2 Å². The third-order valence-corrected chi connectivity index (χ3v) is 5.08. The molecule has 1 aromatic heterocycles. The predicted octanol–water partition coefficient (Wildman–Crippen LogP) is 5.75. The van der Waals surface area contributed by atoms with Crippen LogP contribution in [-0.2, 0) is 0 Å². The van der Waals surface area contributed by atoms with E-state index < -0.39 is 0 Å². The minimum atomic E-state index is -0.0193. The summed E-state index contributed by atoms with van der Waals surface area (Å²) in [6.07, 6.45) is 3.28. The zero-order valence-corrected chi connectivity index (χ0v) is 16.7. The summed E-state index contributed by atoms with van der Waals surface area (Å²) in [5.41, 5.74) is 7.05. The molecule has 3 aromatic rings. The number of fused-ring (bicyclic) bond motifs is 1. The highest BCUT2D eigenvalue weighted by Gasteiger charge is 2.14. The number of hydrogen-bond donors (Lipinski definition) is 1. The number of aromatic nitrogens is 1. The summed E-state index contributed by atoms with van der Waals surface area (Å²) in [4.78, 5) is 17.7. The van der Waals surface area contributed by atoms with E-state index in [1.807, 2.05) is 31.2 Å². The van der Waals surface area contributed by atoms with E-state index in [1.54, 1.807) is 0 Å². The monoisotopic (exact) mass is 360 g/mol. The molecule has 1 N–H and O–H groups in total. The van der Waals surface area contributed by atoms with E-state index in [4.69, 9.17) is 4.98 Å². The van der Waals surface area contributed by atoms with Crippen molar-refractivity contribution in [2.45, 2.75) is 47.0 Å². The first-order valence-electron chi connectivity index (χ1n) is 9.77. The van der Waals surface area contributed by atoms with E-state index in [9.17, 15) is 4.79 Å². The van der Waals surface area contributed by atoms with Crippen LogP contribution < -0.4 is 5.32 Å². The van der Waals surface area contributed by atoms with Crippen LogP contribution in [0.4, 0.5) is 0 Å². The number of unbranched alkanes of at least 4 members (excludes halogenated alkanes) is 2. The van der Waals surface area contributed by atoms with Gasteiger partial charge in [-0.1, -0.05) is 43.5 Å². The van der Waals surface area contributed by atoms with Gasteiger partial charge in [-0.3, -0.25) is 4.79 Å². The van der Waals surface area contributed by atoms with Crippen molar-refractivity contribution >= 4 is 16.8 Å². The largest absolute Gasteiger partial charge is 0.352 e. The van der Waals surface area contributed by atoms with Crippen LogP contribution in [0, 0.1) is 20.8 Å². The summed E-state index contributed by atoms with van der Waals surface area (Å²) < 4.78 is 0. The Labute approximate surface area is 161 Å². The molecule has 0 bridgehead atoms. The highest BCUT2D eigenvalue weighted by molar-refractivity contribution is 6.07. The summed E-state index contributed by atoms with van der Waals surface area (Å²) in [6.45, 7) is 9.12. The van der Waals surface area contributed by atoms with Crippen molar-refractivity contribution in [1.29, 1.82) is 0 Å². The van der Waals surface area contributed by atoms with Gasteiger partial charge in [0.15, 0.2) is 0 Å². The Bertz CT molecular complexity index is 976. The fraction of sp³-hybridized carbons (Fsp3) is 0.333. The lowest BCUT2D eigenvalue weighted by molar-refractivity contribution is 0.0954. The molecule has 2 aromatic carbocycles. The second-order valence-corrected chi connectivity index (χ2v) is 7.34. The van der Waals surface area contributed by atoms with Gasteiger partial charge in [-0.05, 0) is 62.6 Å². The molecule has 140 valence electrons. The van der Waals surface area contributed by atoms with Crippen LogP contribution in [-0.4, -0.2) is 17.4 Å². The third kappa shape index (κ3) is 4.36. The van der Waals surface area contributed by atoms with Gasteiger partial charge < -0.3 is 5.32 Å². The number of carbonyl (C=O) groups excluding carboxylic acids is 1. The van der Waals surface area contributed by atoms with E-state index in [1.165, 1.54) is 11.1 Å². The zero-order valence-electron chi connectivity index (χ0n) is 16.7. The molecule has 0 atom stereocenters. The molecule has 0 saturated carbocycles. The average Bonchev–Trinajstić information content (AvgIpc) is 2.66. The van der Waals surface area contributed by atoms with Crippen LogP contribution >= 0.6 is 0 Å². The highest BCUT2D eigenvalue weighted by atomic mass is 16.1. The van der Waals surface area contributed by atoms with Gasteiger partial charge in [-0.15, -0.1) is 0 Å². The molecular weight excluding hydrogens is 332 g/mol. The van der Waals surface area contributed by atoms with E-state index in [0.29, 0.717) is 12.1 Å². The normalized spacial score (nSPS) is 11.0. The second-order valence-electron chi connectivity index (χ2n) is 7.34. The number of carbonyl (C=O) groups is 1. The zero-order chi connectivity index (χ0) is 19.4. The minimum Gasteiger partial charge on any atom is -0.352 e. The van der Waals surface area contributed by atoms with E-state index in [0.717, 1.165) is 47.0 Å². The molecule has 3 rings (SSSR count). The molecule has 27 heavy (non-hydrogen) atoms. The summed E-state index contributed by atoms with van der Waals surface area (Å²) in [5.74, 6) is -0.0193. The van der Waals surface area contributed by atoms with Crippen molar-refractivity contribution in [3.63, 3.8) is 0 Å². The Hall–Kier alpha value is -2.68. The fourth-order valence-electron chi connectivity index (χ4n) is 3.25. The highest BCUT2D eigenvalue weighted by Crippen LogP contribution is 2.27. The molecule has 0 spiro atoms. The number of nitrogens with one attached hydrogen (secondary N) is 1. The first kappa shape index (κ1) is 19.1. The molecule has 3 nitrogen and oxygen atoms in total. The Balaban J connectivity index is 2.05.